The van der Waals surface area contributed by atoms with Crippen LogP contribution in [-0.2, 0) is 11.3 Å². The van der Waals surface area contributed by atoms with E-state index in [0.717, 1.165) is 16.7 Å². The van der Waals surface area contributed by atoms with Crippen LogP contribution in [0.5, 0.6) is 0 Å². The molecule has 0 fully saturated rings. The maximum Gasteiger partial charge on any atom is 0.244 e. The average molecular weight is 310 g/mol. The molecule has 5 heteroatoms. The van der Waals surface area contributed by atoms with Crippen LogP contribution in [0.1, 0.15) is 11.3 Å². The van der Waals surface area contributed by atoms with E-state index in [4.69, 9.17) is 4.42 Å². The number of nitrogens with zero attached hydrogens (tertiary/aromatic N) is 1. The normalized spacial score (nSPS) is 10.9. The van der Waals surface area contributed by atoms with Gasteiger partial charge in [0.25, 0.3) is 0 Å². The van der Waals surface area contributed by atoms with Gasteiger partial charge < -0.3 is 9.73 Å². The Kier molecular flexibility index (Phi) is 4.46. The molecule has 0 aliphatic heterocycles. The Hall–Kier alpha value is -2.66. The lowest BCUT2D eigenvalue weighted by atomic mass is 10.1. The molecule has 0 saturated carbocycles. The third-order valence-corrected chi connectivity index (χ3v) is 3.74. The Bertz CT molecular complexity index is 762. The SMILES string of the molecule is O=C(/C=C/c1ccco1)NCc1cncc(-c2ccsc2)c1. The zero-order chi connectivity index (χ0) is 15.2. The van der Waals surface area contributed by atoms with Crippen molar-refractivity contribution in [3.05, 3.63) is 71.1 Å². The summed E-state index contributed by atoms with van der Waals surface area (Å²) in [7, 11) is 0. The summed E-state index contributed by atoms with van der Waals surface area (Å²) in [6.07, 6.45) is 8.24. The predicted molar refractivity (Wildman–Crippen MR) is 87.1 cm³/mol. The number of hydrogen-bond acceptors (Lipinski definition) is 4. The van der Waals surface area contributed by atoms with Crippen LogP contribution in [0.25, 0.3) is 17.2 Å². The van der Waals surface area contributed by atoms with Crippen molar-refractivity contribution in [2.45, 2.75) is 6.54 Å². The largest absolute Gasteiger partial charge is 0.465 e. The van der Waals surface area contributed by atoms with Crippen molar-refractivity contribution >= 4 is 23.3 Å². The zero-order valence-electron chi connectivity index (χ0n) is 11.7. The second-order valence-corrected chi connectivity index (χ2v) is 5.44. The van der Waals surface area contributed by atoms with Crippen molar-refractivity contribution in [3.8, 4) is 11.1 Å². The van der Waals surface area contributed by atoms with Crippen molar-refractivity contribution in [1.82, 2.24) is 10.3 Å². The van der Waals surface area contributed by atoms with E-state index >= 15 is 0 Å². The highest BCUT2D eigenvalue weighted by molar-refractivity contribution is 7.08. The maximum absolute atomic E-state index is 11.8. The van der Waals surface area contributed by atoms with E-state index in [1.165, 1.54) is 6.08 Å². The number of hydrogen-bond donors (Lipinski definition) is 1. The Morgan fingerprint density at radius 1 is 1.32 bits per heavy atom. The smallest absolute Gasteiger partial charge is 0.244 e. The Morgan fingerprint density at radius 3 is 3.05 bits per heavy atom. The molecular formula is C17H14N2O2S. The number of amides is 1. The van der Waals surface area contributed by atoms with Gasteiger partial charge in [0.05, 0.1) is 6.26 Å². The lowest BCUT2D eigenvalue weighted by Crippen LogP contribution is -2.20. The second-order valence-electron chi connectivity index (χ2n) is 4.66. The number of carbonyl (C=O) groups is 1. The summed E-state index contributed by atoms with van der Waals surface area (Å²) in [6.45, 7) is 0.437. The fraction of sp³-hybridized carbons (Fsp3) is 0.0588. The second kappa shape index (κ2) is 6.87. The highest BCUT2D eigenvalue weighted by Crippen LogP contribution is 2.21. The number of carbonyl (C=O) groups excluding carboxylic acids is 1. The van der Waals surface area contributed by atoms with E-state index < -0.39 is 0 Å². The van der Waals surface area contributed by atoms with Crippen molar-refractivity contribution in [3.63, 3.8) is 0 Å². The van der Waals surface area contributed by atoms with Crippen LogP contribution >= 0.6 is 11.3 Å². The van der Waals surface area contributed by atoms with Crippen LogP contribution in [0.15, 0.2) is 64.2 Å². The zero-order valence-corrected chi connectivity index (χ0v) is 12.5. The maximum atomic E-state index is 11.8. The highest BCUT2D eigenvalue weighted by atomic mass is 32.1. The molecule has 0 aromatic carbocycles. The summed E-state index contributed by atoms with van der Waals surface area (Å²) < 4.78 is 5.13. The molecule has 0 atom stereocenters. The third-order valence-electron chi connectivity index (χ3n) is 3.06. The van der Waals surface area contributed by atoms with Crippen LogP contribution in [-0.4, -0.2) is 10.9 Å². The third kappa shape index (κ3) is 3.71. The van der Waals surface area contributed by atoms with Crippen molar-refractivity contribution in [2.24, 2.45) is 0 Å². The molecule has 110 valence electrons. The van der Waals surface area contributed by atoms with Gasteiger partial charge in [0.15, 0.2) is 0 Å². The molecule has 3 aromatic rings. The van der Waals surface area contributed by atoms with Gasteiger partial charge >= 0.3 is 0 Å². The van der Waals surface area contributed by atoms with Crippen molar-refractivity contribution < 1.29 is 9.21 Å². The van der Waals surface area contributed by atoms with Gasteiger partial charge in [-0.15, -0.1) is 0 Å². The number of aromatic nitrogens is 1. The monoisotopic (exact) mass is 310 g/mol. The Balaban J connectivity index is 1.59. The van der Waals surface area contributed by atoms with Gasteiger partial charge in [0, 0.05) is 30.6 Å². The first-order chi connectivity index (χ1) is 10.8. The molecule has 0 bridgehead atoms. The summed E-state index contributed by atoms with van der Waals surface area (Å²) in [5, 5.41) is 6.93. The minimum absolute atomic E-state index is 0.169. The number of furan rings is 1. The summed E-state index contributed by atoms with van der Waals surface area (Å²) in [4.78, 5) is 16.0. The lowest BCUT2D eigenvalue weighted by molar-refractivity contribution is -0.116. The Morgan fingerprint density at radius 2 is 2.27 bits per heavy atom. The van der Waals surface area contributed by atoms with Crippen LogP contribution in [0.3, 0.4) is 0 Å². The summed E-state index contributed by atoms with van der Waals surface area (Å²) >= 11 is 1.65. The van der Waals surface area contributed by atoms with E-state index in [-0.39, 0.29) is 5.91 Å². The summed E-state index contributed by atoms with van der Waals surface area (Å²) in [5.41, 5.74) is 3.16. The molecule has 0 aliphatic rings. The standard InChI is InChI=1S/C17H14N2O2S/c20-17(4-3-16-2-1-6-21-16)19-10-13-8-15(11-18-9-13)14-5-7-22-12-14/h1-9,11-12H,10H2,(H,19,20)/b4-3+. The van der Waals surface area contributed by atoms with Gasteiger partial charge in [0.2, 0.25) is 5.91 Å². The van der Waals surface area contributed by atoms with Crippen LogP contribution in [0.2, 0.25) is 0 Å². The number of nitrogens with one attached hydrogen (secondary N) is 1. The van der Waals surface area contributed by atoms with Gasteiger partial charge in [-0.1, -0.05) is 0 Å². The molecule has 3 heterocycles. The first-order valence-corrected chi connectivity index (χ1v) is 7.71. The molecule has 3 aromatic heterocycles. The molecule has 3 rings (SSSR count). The quantitative estimate of drug-likeness (QED) is 0.731. The van der Waals surface area contributed by atoms with E-state index in [1.807, 2.05) is 17.6 Å². The molecule has 1 N–H and O–H groups in total. The number of thiophene rings is 1. The minimum atomic E-state index is -0.169. The van der Waals surface area contributed by atoms with Crippen LogP contribution in [0.4, 0.5) is 0 Å². The van der Waals surface area contributed by atoms with E-state index in [1.54, 1.807) is 42.0 Å². The molecule has 22 heavy (non-hydrogen) atoms. The molecule has 0 unspecified atom stereocenters. The topological polar surface area (TPSA) is 55.1 Å². The molecule has 0 saturated heterocycles. The molecule has 0 aliphatic carbocycles. The highest BCUT2D eigenvalue weighted by Gasteiger charge is 2.02. The van der Waals surface area contributed by atoms with Gasteiger partial charge in [-0.3, -0.25) is 9.78 Å². The van der Waals surface area contributed by atoms with Crippen molar-refractivity contribution in [2.75, 3.05) is 0 Å². The summed E-state index contributed by atoms with van der Waals surface area (Å²) in [5.74, 6) is 0.480. The van der Waals surface area contributed by atoms with E-state index in [0.29, 0.717) is 12.3 Å². The molecule has 1 amide bonds. The lowest BCUT2D eigenvalue weighted by Gasteiger charge is -2.04. The van der Waals surface area contributed by atoms with Gasteiger partial charge in [-0.25, -0.2) is 0 Å². The van der Waals surface area contributed by atoms with Crippen LogP contribution in [0, 0.1) is 0 Å². The molecule has 0 spiro atoms. The fourth-order valence-corrected chi connectivity index (χ4v) is 2.63. The fourth-order valence-electron chi connectivity index (χ4n) is 1.96. The molecular weight excluding hydrogens is 296 g/mol. The number of pyridine rings is 1. The molecule has 4 nitrogen and oxygen atoms in total. The van der Waals surface area contributed by atoms with E-state index in [2.05, 4.69) is 21.7 Å². The minimum Gasteiger partial charge on any atom is -0.465 e. The van der Waals surface area contributed by atoms with Crippen molar-refractivity contribution in [1.29, 1.82) is 0 Å². The first-order valence-electron chi connectivity index (χ1n) is 6.77. The Labute approximate surface area is 132 Å². The average Bonchev–Trinajstić information content (AvgIpc) is 3.24. The van der Waals surface area contributed by atoms with Gasteiger partial charge in [-0.2, -0.15) is 11.3 Å². The van der Waals surface area contributed by atoms with Gasteiger partial charge in [-0.05, 0) is 52.2 Å². The summed E-state index contributed by atoms with van der Waals surface area (Å²) in [6, 6.07) is 7.65. The van der Waals surface area contributed by atoms with E-state index in [9.17, 15) is 4.79 Å². The predicted octanol–water partition coefficient (Wildman–Crippen LogP) is 3.73. The van der Waals surface area contributed by atoms with Gasteiger partial charge in [0.1, 0.15) is 5.76 Å². The first kappa shape index (κ1) is 14.3. The number of rotatable bonds is 5. The van der Waals surface area contributed by atoms with Crippen LogP contribution < -0.4 is 5.32 Å². The molecule has 0 radical (unpaired) electrons.